The summed E-state index contributed by atoms with van der Waals surface area (Å²) in [6, 6.07) is 12.0. The lowest BCUT2D eigenvalue weighted by Crippen LogP contribution is -2.25. The molecule has 0 spiro atoms. The second-order valence-corrected chi connectivity index (χ2v) is 6.47. The number of pyridine rings is 1. The highest BCUT2D eigenvalue weighted by Gasteiger charge is 2.43. The Morgan fingerprint density at radius 2 is 1.67 bits per heavy atom. The molecule has 0 unspecified atom stereocenters. The van der Waals surface area contributed by atoms with E-state index in [0.29, 0.717) is 16.8 Å². The Balaban J connectivity index is 1.57. The number of rotatable bonds is 4. The van der Waals surface area contributed by atoms with Gasteiger partial charge in [-0.15, -0.1) is 8.78 Å². The number of carbonyl (C=O) groups excluding carboxylic acids is 2. The van der Waals surface area contributed by atoms with Crippen LogP contribution in [0.5, 0.6) is 11.5 Å². The van der Waals surface area contributed by atoms with Crippen LogP contribution in [0.15, 0.2) is 60.9 Å². The quantitative estimate of drug-likeness (QED) is 0.671. The van der Waals surface area contributed by atoms with Crippen molar-refractivity contribution in [2.75, 3.05) is 10.6 Å². The van der Waals surface area contributed by atoms with Crippen molar-refractivity contribution in [1.82, 2.24) is 4.98 Å². The first-order valence-electron chi connectivity index (χ1n) is 8.85. The van der Waals surface area contributed by atoms with Gasteiger partial charge in [0.2, 0.25) is 0 Å². The molecular formula is C21H15F2N3O4. The van der Waals surface area contributed by atoms with Crippen molar-refractivity contribution in [2.24, 2.45) is 0 Å². The summed E-state index contributed by atoms with van der Waals surface area (Å²) in [5.74, 6) is -1.24. The number of alkyl halides is 2. The zero-order chi connectivity index (χ0) is 21.3. The maximum absolute atomic E-state index is 13.2. The lowest BCUT2D eigenvalue weighted by molar-refractivity contribution is -0.286. The van der Waals surface area contributed by atoms with Crippen molar-refractivity contribution in [3.8, 4) is 11.5 Å². The Morgan fingerprint density at radius 3 is 2.43 bits per heavy atom. The van der Waals surface area contributed by atoms with Gasteiger partial charge in [-0.05, 0) is 42.8 Å². The van der Waals surface area contributed by atoms with Gasteiger partial charge in [0.1, 0.15) is 0 Å². The monoisotopic (exact) mass is 411 g/mol. The van der Waals surface area contributed by atoms with Gasteiger partial charge in [0.25, 0.3) is 11.8 Å². The minimum absolute atomic E-state index is 0.126. The molecule has 4 rings (SSSR count). The standard InChI is InChI=1S/C21H15F2N3O4/c1-12-3-2-4-15(18(12)26-19(27)13-7-9-24-10-8-13)20(28)25-14-5-6-16-17(11-14)30-21(22,23)29-16/h2-11H,1H3,(H,25,28)(H,26,27). The van der Waals surface area contributed by atoms with Crippen molar-refractivity contribution in [3.63, 3.8) is 0 Å². The van der Waals surface area contributed by atoms with Crippen molar-refractivity contribution < 1.29 is 27.8 Å². The molecule has 0 radical (unpaired) electrons. The summed E-state index contributed by atoms with van der Waals surface area (Å²) in [4.78, 5) is 29.2. The molecular weight excluding hydrogens is 396 g/mol. The number of fused-ring (bicyclic) bond motifs is 1. The second kappa shape index (κ2) is 7.43. The summed E-state index contributed by atoms with van der Waals surface area (Å²) >= 11 is 0. The number of hydrogen-bond acceptors (Lipinski definition) is 5. The lowest BCUT2D eigenvalue weighted by Gasteiger charge is -2.14. The van der Waals surface area contributed by atoms with Gasteiger partial charge in [-0.2, -0.15) is 0 Å². The number of amides is 2. The van der Waals surface area contributed by atoms with E-state index in [2.05, 4.69) is 25.1 Å². The molecule has 3 aromatic rings. The van der Waals surface area contributed by atoms with Gasteiger partial charge in [-0.3, -0.25) is 14.6 Å². The van der Waals surface area contributed by atoms with Crippen LogP contribution in [0.3, 0.4) is 0 Å². The number of aryl methyl sites for hydroxylation is 1. The van der Waals surface area contributed by atoms with E-state index in [1.54, 1.807) is 37.3 Å². The number of ether oxygens (including phenoxy) is 2. The topological polar surface area (TPSA) is 89.5 Å². The lowest BCUT2D eigenvalue weighted by atomic mass is 10.1. The van der Waals surface area contributed by atoms with Gasteiger partial charge in [0, 0.05) is 29.7 Å². The predicted molar refractivity (Wildman–Crippen MR) is 104 cm³/mol. The first-order valence-corrected chi connectivity index (χ1v) is 8.85. The Bertz CT molecular complexity index is 1140. The molecule has 2 heterocycles. The molecule has 0 fully saturated rings. The number of carbonyl (C=O) groups is 2. The number of hydrogen-bond donors (Lipinski definition) is 2. The molecule has 2 amide bonds. The van der Waals surface area contributed by atoms with Gasteiger partial charge < -0.3 is 20.1 Å². The van der Waals surface area contributed by atoms with E-state index in [9.17, 15) is 18.4 Å². The van der Waals surface area contributed by atoms with Crippen molar-refractivity contribution in [1.29, 1.82) is 0 Å². The zero-order valence-corrected chi connectivity index (χ0v) is 15.6. The molecule has 0 bridgehead atoms. The van der Waals surface area contributed by atoms with Crippen LogP contribution in [0, 0.1) is 6.92 Å². The summed E-state index contributed by atoms with van der Waals surface area (Å²) in [6.45, 7) is 1.75. The number of halogens is 2. The van der Waals surface area contributed by atoms with Crippen LogP contribution < -0.4 is 20.1 Å². The minimum Gasteiger partial charge on any atom is -0.395 e. The SMILES string of the molecule is Cc1cccc(C(=O)Nc2ccc3c(c2)OC(F)(F)O3)c1NC(=O)c1ccncc1. The van der Waals surface area contributed by atoms with Gasteiger partial charge >= 0.3 is 6.29 Å². The van der Waals surface area contributed by atoms with Gasteiger partial charge in [-0.25, -0.2) is 0 Å². The second-order valence-electron chi connectivity index (χ2n) is 6.47. The Hall–Kier alpha value is -4.01. The van der Waals surface area contributed by atoms with E-state index in [-0.39, 0.29) is 22.7 Å². The Labute approximate surface area is 169 Å². The van der Waals surface area contributed by atoms with Crippen LogP contribution in [0.25, 0.3) is 0 Å². The van der Waals surface area contributed by atoms with Crippen LogP contribution >= 0.6 is 0 Å². The largest absolute Gasteiger partial charge is 0.586 e. The van der Waals surface area contributed by atoms with Crippen LogP contribution in [-0.4, -0.2) is 23.1 Å². The van der Waals surface area contributed by atoms with Crippen molar-refractivity contribution >= 4 is 23.2 Å². The van der Waals surface area contributed by atoms with Crippen molar-refractivity contribution in [3.05, 3.63) is 77.6 Å². The van der Waals surface area contributed by atoms with E-state index in [1.165, 1.54) is 30.6 Å². The Morgan fingerprint density at radius 1 is 0.933 bits per heavy atom. The number of aromatic nitrogens is 1. The van der Waals surface area contributed by atoms with Crippen LogP contribution in [0.1, 0.15) is 26.3 Å². The fraction of sp³-hybridized carbons (Fsp3) is 0.0952. The molecule has 7 nitrogen and oxygen atoms in total. The molecule has 152 valence electrons. The summed E-state index contributed by atoms with van der Waals surface area (Å²) in [5.41, 5.74) is 1.84. The van der Waals surface area contributed by atoms with Gasteiger partial charge in [0.15, 0.2) is 11.5 Å². The minimum atomic E-state index is -3.74. The van der Waals surface area contributed by atoms with E-state index < -0.39 is 18.1 Å². The summed E-state index contributed by atoms with van der Waals surface area (Å²) < 4.78 is 35.1. The molecule has 30 heavy (non-hydrogen) atoms. The fourth-order valence-electron chi connectivity index (χ4n) is 2.94. The van der Waals surface area contributed by atoms with Crippen molar-refractivity contribution in [2.45, 2.75) is 13.2 Å². The molecule has 2 aromatic carbocycles. The van der Waals surface area contributed by atoms with Gasteiger partial charge in [-0.1, -0.05) is 12.1 Å². The predicted octanol–water partition coefficient (Wildman–Crippen LogP) is 4.22. The molecule has 2 N–H and O–H groups in total. The molecule has 1 aromatic heterocycles. The number of benzene rings is 2. The molecule has 1 aliphatic rings. The third kappa shape index (κ3) is 3.90. The normalized spacial score (nSPS) is 13.6. The highest BCUT2D eigenvalue weighted by atomic mass is 19.3. The summed E-state index contributed by atoms with van der Waals surface area (Å²) in [7, 11) is 0. The number of nitrogens with zero attached hydrogens (tertiary/aromatic N) is 1. The van der Waals surface area contributed by atoms with Crippen LogP contribution in [0.4, 0.5) is 20.2 Å². The summed E-state index contributed by atoms with van der Waals surface area (Å²) in [6.07, 6.45) is -0.765. The third-order valence-electron chi connectivity index (χ3n) is 4.36. The summed E-state index contributed by atoms with van der Waals surface area (Å²) in [5, 5.41) is 5.36. The molecule has 1 aliphatic heterocycles. The highest BCUT2D eigenvalue weighted by molar-refractivity contribution is 6.13. The van der Waals surface area contributed by atoms with E-state index >= 15 is 0 Å². The maximum atomic E-state index is 13.2. The average molecular weight is 411 g/mol. The maximum Gasteiger partial charge on any atom is 0.586 e. The Kier molecular flexibility index (Phi) is 4.78. The molecule has 0 aliphatic carbocycles. The van der Waals surface area contributed by atoms with E-state index in [4.69, 9.17) is 0 Å². The molecule has 0 atom stereocenters. The van der Waals surface area contributed by atoms with Crippen LogP contribution in [0.2, 0.25) is 0 Å². The third-order valence-corrected chi connectivity index (χ3v) is 4.36. The van der Waals surface area contributed by atoms with E-state index in [0.717, 1.165) is 0 Å². The smallest absolute Gasteiger partial charge is 0.395 e. The first-order chi connectivity index (χ1) is 14.3. The highest BCUT2D eigenvalue weighted by Crippen LogP contribution is 2.42. The van der Waals surface area contributed by atoms with E-state index in [1.807, 2.05) is 0 Å². The molecule has 0 saturated heterocycles. The number of anilines is 2. The number of nitrogens with one attached hydrogen (secondary N) is 2. The van der Waals surface area contributed by atoms with Crippen LogP contribution in [-0.2, 0) is 0 Å². The molecule has 0 saturated carbocycles. The average Bonchev–Trinajstić information content (AvgIpc) is 3.03. The number of para-hydroxylation sites is 1. The molecule has 9 heteroatoms. The van der Waals surface area contributed by atoms with Gasteiger partial charge in [0.05, 0.1) is 11.3 Å². The zero-order valence-electron chi connectivity index (χ0n) is 15.6. The fourth-order valence-corrected chi connectivity index (χ4v) is 2.94. The first kappa shape index (κ1) is 19.3.